The smallest absolute Gasteiger partial charge is 0.148 e. The third kappa shape index (κ3) is 4.46. The lowest BCUT2D eigenvalue weighted by Crippen LogP contribution is -2.30. The number of hydrogen-bond donors (Lipinski definition) is 1. The molecule has 0 saturated heterocycles. The molecule has 2 unspecified atom stereocenters. The van der Waals surface area contributed by atoms with E-state index in [1.807, 2.05) is 36.6 Å². The summed E-state index contributed by atoms with van der Waals surface area (Å²) in [5.74, 6) is 1.65. The molecular weight excluding hydrogens is 350 g/mol. The summed E-state index contributed by atoms with van der Waals surface area (Å²) in [6.07, 6.45) is 0.723. The van der Waals surface area contributed by atoms with E-state index in [4.69, 9.17) is 15.2 Å². The standard InChI is InChI=1S/C16H20BrNO2S/c1-3-14(18)16(15-9-11(17)10-21-15)20-13-7-5-12(6-8-13)19-4-2/h5-10,14,16H,3-4,18H2,1-2H3. The van der Waals surface area contributed by atoms with Crippen LogP contribution in [0.1, 0.15) is 31.2 Å². The molecule has 2 rings (SSSR count). The van der Waals surface area contributed by atoms with E-state index in [-0.39, 0.29) is 12.1 Å². The van der Waals surface area contributed by atoms with Crippen LogP contribution in [0.4, 0.5) is 0 Å². The lowest BCUT2D eigenvalue weighted by Gasteiger charge is -2.23. The van der Waals surface area contributed by atoms with E-state index >= 15 is 0 Å². The molecule has 0 radical (unpaired) electrons. The third-order valence-corrected chi connectivity index (χ3v) is 4.88. The fourth-order valence-electron chi connectivity index (χ4n) is 1.98. The number of rotatable bonds is 7. The molecule has 0 saturated carbocycles. The molecule has 21 heavy (non-hydrogen) atoms. The minimum absolute atomic E-state index is 0.0397. The molecule has 2 N–H and O–H groups in total. The monoisotopic (exact) mass is 369 g/mol. The van der Waals surface area contributed by atoms with Crippen LogP contribution < -0.4 is 15.2 Å². The summed E-state index contributed by atoms with van der Waals surface area (Å²) in [7, 11) is 0. The quantitative estimate of drug-likeness (QED) is 0.764. The van der Waals surface area contributed by atoms with Crippen LogP contribution in [0.15, 0.2) is 40.2 Å². The molecule has 0 fully saturated rings. The molecule has 114 valence electrons. The molecule has 2 aromatic rings. The first kappa shape index (κ1) is 16.3. The van der Waals surface area contributed by atoms with Crippen LogP contribution in [0.25, 0.3) is 0 Å². The summed E-state index contributed by atoms with van der Waals surface area (Å²) in [4.78, 5) is 1.13. The van der Waals surface area contributed by atoms with Gasteiger partial charge in [0.15, 0.2) is 0 Å². The predicted molar refractivity (Wildman–Crippen MR) is 91.3 cm³/mol. The van der Waals surface area contributed by atoms with E-state index in [1.165, 1.54) is 0 Å². The van der Waals surface area contributed by atoms with E-state index in [2.05, 4.69) is 28.9 Å². The van der Waals surface area contributed by atoms with Gasteiger partial charge in [0.1, 0.15) is 17.6 Å². The Morgan fingerprint density at radius 2 is 1.86 bits per heavy atom. The fourth-order valence-corrected chi connectivity index (χ4v) is 3.52. The fraction of sp³-hybridized carbons (Fsp3) is 0.375. The van der Waals surface area contributed by atoms with Gasteiger partial charge in [0, 0.05) is 20.8 Å². The molecule has 1 aromatic carbocycles. The van der Waals surface area contributed by atoms with Crippen LogP contribution in [-0.4, -0.2) is 12.6 Å². The summed E-state index contributed by atoms with van der Waals surface area (Å²) in [6.45, 7) is 4.70. The van der Waals surface area contributed by atoms with Gasteiger partial charge < -0.3 is 15.2 Å². The van der Waals surface area contributed by atoms with Gasteiger partial charge in [-0.3, -0.25) is 0 Å². The Bertz CT molecular complexity index is 556. The van der Waals surface area contributed by atoms with Crippen LogP contribution in [0, 0.1) is 0 Å². The first-order valence-electron chi connectivity index (χ1n) is 7.03. The average Bonchev–Trinajstić information content (AvgIpc) is 2.92. The Morgan fingerprint density at radius 1 is 1.19 bits per heavy atom. The molecule has 0 spiro atoms. The number of ether oxygens (including phenoxy) is 2. The molecule has 3 nitrogen and oxygen atoms in total. The van der Waals surface area contributed by atoms with Crippen molar-refractivity contribution in [2.75, 3.05) is 6.61 Å². The molecule has 1 heterocycles. The number of hydrogen-bond acceptors (Lipinski definition) is 4. The number of nitrogens with two attached hydrogens (primary N) is 1. The lowest BCUT2D eigenvalue weighted by molar-refractivity contribution is 0.174. The van der Waals surface area contributed by atoms with E-state index in [1.54, 1.807) is 11.3 Å². The number of benzene rings is 1. The highest BCUT2D eigenvalue weighted by molar-refractivity contribution is 9.10. The summed E-state index contributed by atoms with van der Waals surface area (Å²) < 4.78 is 12.6. The van der Waals surface area contributed by atoms with Gasteiger partial charge in [0.05, 0.1) is 6.61 Å². The zero-order valence-corrected chi connectivity index (χ0v) is 14.6. The van der Waals surface area contributed by atoms with Crippen LogP contribution in [0.5, 0.6) is 11.5 Å². The predicted octanol–water partition coefficient (Wildman–Crippen LogP) is 4.77. The zero-order chi connectivity index (χ0) is 15.2. The van der Waals surface area contributed by atoms with Crippen molar-refractivity contribution in [3.05, 3.63) is 45.1 Å². The van der Waals surface area contributed by atoms with E-state index in [0.717, 1.165) is 27.3 Å². The Kier molecular flexibility index (Phi) is 6.08. The van der Waals surface area contributed by atoms with Gasteiger partial charge in [-0.1, -0.05) is 6.92 Å². The van der Waals surface area contributed by atoms with E-state index in [0.29, 0.717) is 6.61 Å². The Labute approximate surface area is 138 Å². The van der Waals surface area contributed by atoms with Gasteiger partial charge in [0.2, 0.25) is 0 Å². The van der Waals surface area contributed by atoms with Gasteiger partial charge in [-0.05, 0) is 59.6 Å². The van der Waals surface area contributed by atoms with Crippen molar-refractivity contribution in [1.82, 2.24) is 0 Å². The first-order chi connectivity index (χ1) is 10.1. The van der Waals surface area contributed by atoms with Crippen molar-refractivity contribution in [3.8, 4) is 11.5 Å². The Hall–Kier alpha value is -1.04. The van der Waals surface area contributed by atoms with Gasteiger partial charge in [-0.2, -0.15) is 0 Å². The second kappa shape index (κ2) is 7.82. The van der Waals surface area contributed by atoms with Crippen molar-refractivity contribution < 1.29 is 9.47 Å². The molecule has 0 bridgehead atoms. The SMILES string of the molecule is CCOc1ccc(OC(c2cc(Br)cs2)C(N)CC)cc1. The largest absolute Gasteiger partial charge is 0.494 e. The van der Waals surface area contributed by atoms with Crippen LogP contribution in [-0.2, 0) is 0 Å². The first-order valence-corrected chi connectivity index (χ1v) is 8.70. The maximum absolute atomic E-state index is 6.23. The van der Waals surface area contributed by atoms with Crippen LogP contribution in [0.2, 0.25) is 0 Å². The van der Waals surface area contributed by atoms with Crippen LogP contribution in [0.3, 0.4) is 0 Å². The topological polar surface area (TPSA) is 44.5 Å². The van der Waals surface area contributed by atoms with Crippen LogP contribution >= 0.6 is 27.3 Å². The summed E-state index contributed by atoms with van der Waals surface area (Å²) >= 11 is 5.14. The van der Waals surface area contributed by atoms with Gasteiger partial charge in [-0.25, -0.2) is 0 Å². The zero-order valence-electron chi connectivity index (χ0n) is 12.2. The van der Waals surface area contributed by atoms with E-state index < -0.39 is 0 Å². The Morgan fingerprint density at radius 3 is 2.38 bits per heavy atom. The van der Waals surface area contributed by atoms with Crippen molar-refractivity contribution >= 4 is 27.3 Å². The molecule has 5 heteroatoms. The highest BCUT2D eigenvalue weighted by atomic mass is 79.9. The summed E-state index contributed by atoms with van der Waals surface area (Å²) in [5.41, 5.74) is 6.23. The second-order valence-electron chi connectivity index (χ2n) is 4.68. The third-order valence-electron chi connectivity index (χ3n) is 3.13. The minimum Gasteiger partial charge on any atom is -0.494 e. The maximum atomic E-state index is 6.23. The van der Waals surface area contributed by atoms with Gasteiger partial charge >= 0.3 is 0 Å². The Balaban J connectivity index is 2.15. The van der Waals surface area contributed by atoms with Crippen molar-refractivity contribution in [1.29, 1.82) is 0 Å². The molecule has 0 aliphatic heterocycles. The normalized spacial score (nSPS) is 13.7. The maximum Gasteiger partial charge on any atom is 0.148 e. The second-order valence-corrected chi connectivity index (χ2v) is 6.54. The molecular formula is C16H20BrNO2S. The number of thiophene rings is 1. The highest BCUT2D eigenvalue weighted by Crippen LogP contribution is 2.32. The molecule has 1 aromatic heterocycles. The van der Waals surface area contributed by atoms with Gasteiger partial charge in [-0.15, -0.1) is 11.3 Å². The number of halogens is 1. The molecule has 0 aliphatic rings. The van der Waals surface area contributed by atoms with Crippen molar-refractivity contribution in [2.45, 2.75) is 32.4 Å². The molecule has 0 aliphatic carbocycles. The van der Waals surface area contributed by atoms with Gasteiger partial charge in [0.25, 0.3) is 0 Å². The molecule has 2 atom stereocenters. The minimum atomic E-state index is -0.135. The van der Waals surface area contributed by atoms with Crippen molar-refractivity contribution in [2.24, 2.45) is 5.73 Å². The van der Waals surface area contributed by atoms with Crippen molar-refractivity contribution in [3.63, 3.8) is 0 Å². The summed E-state index contributed by atoms with van der Waals surface area (Å²) in [6, 6.07) is 9.70. The molecule has 0 amide bonds. The summed E-state index contributed by atoms with van der Waals surface area (Å²) in [5, 5.41) is 2.05. The average molecular weight is 370 g/mol. The lowest BCUT2D eigenvalue weighted by atomic mass is 10.1. The van der Waals surface area contributed by atoms with E-state index in [9.17, 15) is 0 Å². The highest BCUT2D eigenvalue weighted by Gasteiger charge is 2.22.